The Labute approximate surface area is 123 Å². The fraction of sp³-hybridized carbons (Fsp3) is 0.500. The molecule has 2 N–H and O–H groups in total. The average Bonchev–Trinajstić information content (AvgIpc) is 3.06. The number of urea groups is 1. The summed E-state index contributed by atoms with van der Waals surface area (Å²) in [6.45, 7) is 0.880. The lowest BCUT2D eigenvalue weighted by Gasteiger charge is -2.24. The first-order valence-electron chi connectivity index (χ1n) is 7.49. The standard InChI is InChI=1S/C16H20N2O3/c19-14(20)7-10-17-15(21)18-11-16(8-3-4-9-16)12-5-1-2-6-13(12)18/h1-2,5-6H,3-4,7-11H2,(H,17,21)(H,19,20). The molecule has 21 heavy (non-hydrogen) atoms. The van der Waals surface area contributed by atoms with Crippen molar-refractivity contribution in [1.82, 2.24) is 5.32 Å². The number of carbonyl (C=O) groups is 2. The Morgan fingerprint density at radius 2 is 1.95 bits per heavy atom. The summed E-state index contributed by atoms with van der Waals surface area (Å²) in [5, 5.41) is 11.4. The minimum atomic E-state index is -0.899. The van der Waals surface area contributed by atoms with E-state index in [4.69, 9.17) is 5.11 Å². The number of anilines is 1. The Kier molecular flexibility index (Phi) is 3.57. The molecule has 1 aliphatic heterocycles. The molecule has 0 saturated heterocycles. The molecule has 0 bridgehead atoms. The third kappa shape index (κ3) is 2.48. The Bertz CT molecular complexity index is 564. The highest BCUT2D eigenvalue weighted by atomic mass is 16.4. The van der Waals surface area contributed by atoms with Gasteiger partial charge in [-0.1, -0.05) is 31.0 Å². The van der Waals surface area contributed by atoms with E-state index in [2.05, 4.69) is 11.4 Å². The maximum Gasteiger partial charge on any atom is 0.321 e. The quantitative estimate of drug-likeness (QED) is 0.898. The van der Waals surface area contributed by atoms with Gasteiger partial charge in [-0.3, -0.25) is 9.69 Å². The third-order valence-corrected chi connectivity index (χ3v) is 4.65. The molecule has 1 fully saturated rings. The molecule has 1 aliphatic carbocycles. The van der Waals surface area contributed by atoms with Crippen molar-refractivity contribution >= 4 is 17.7 Å². The van der Waals surface area contributed by atoms with Gasteiger partial charge in [0.1, 0.15) is 0 Å². The van der Waals surface area contributed by atoms with Gasteiger partial charge in [-0.15, -0.1) is 0 Å². The van der Waals surface area contributed by atoms with Gasteiger partial charge in [0, 0.05) is 24.2 Å². The molecule has 1 saturated carbocycles. The highest BCUT2D eigenvalue weighted by Crippen LogP contribution is 2.50. The third-order valence-electron chi connectivity index (χ3n) is 4.65. The van der Waals surface area contributed by atoms with Crippen LogP contribution in [0.3, 0.4) is 0 Å². The van der Waals surface area contributed by atoms with Crippen LogP contribution < -0.4 is 10.2 Å². The van der Waals surface area contributed by atoms with E-state index >= 15 is 0 Å². The number of nitrogens with zero attached hydrogens (tertiary/aromatic N) is 1. The Morgan fingerprint density at radius 1 is 1.24 bits per heavy atom. The van der Waals surface area contributed by atoms with Crippen LogP contribution >= 0.6 is 0 Å². The van der Waals surface area contributed by atoms with Crippen molar-refractivity contribution in [2.24, 2.45) is 0 Å². The lowest BCUT2D eigenvalue weighted by Crippen LogP contribution is -2.42. The number of rotatable bonds is 3. The molecule has 0 radical (unpaired) electrons. The first-order chi connectivity index (χ1) is 10.1. The van der Waals surface area contributed by atoms with E-state index in [9.17, 15) is 9.59 Å². The fourth-order valence-electron chi connectivity index (χ4n) is 3.66. The van der Waals surface area contributed by atoms with Crippen LogP contribution in [0, 0.1) is 0 Å². The summed E-state index contributed by atoms with van der Waals surface area (Å²) in [4.78, 5) is 24.7. The number of benzene rings is 1. The molecule has 1 aromatic carbocycles. The maximum absolute atomic E-state index is 12.4. The summed E-state index contributed by atoms with van der Waals surface area (Å²) in [5.41, 5.74) is 2.36. The van der Waals surface area contributed by atoms with Crippen molar-refractivity contribution in [1.29, 1.82) is 0 Å². The summed E-state index contributed by atoms with van der Waals surface area (Å²) in [6.07, 6.45) is 4.63. The number of amides is 2. The topological polar surface area (TPSA) is 69.6 Å². The molecular weight excluding hydrogens is 268 g/mol. The zero-order valence-electron chi connectivity index (χ0n) is 12.0. The molecule has 1 aromatic rings. The number of fused-ring (bicyclic) bond motifs is 2. The minimum absolute atomic E-state index is 0.0492. The largest absolute Gasteiger partial charge is 0.481 e. The molecule has 0 aromatic heterocycles. The zero-order valence-corrected chi connectivity index (χ0v) is 12.0. The van der Waals surface area contributed by atoms with Gasteiger partial charge in [0.05, 0.1) is 6.42 Å². The van der Waals surface area contributed by atoms with Crippen LogP contribution in [0.1, 0.15) is 37.7 Å². The second-order valence-corrected chi connectivity index (χ2v) is 5.97. The van der Waals surface area contributed by atoms with E-state index in [1.807, 2.05) is 18.2 Å². The Hall–Kier alpha value is -2.04. The van der Waals surface area contributed by atoms with Crippen molar-refractivity contribution in [2.45, 2.75) is 37.5 Å². The first kappa shape index (κ1) is 13.9. The normalized spacial score (nSPS) is 18.8. The highest BCUT2D eigenvalue weighted by molar-refractivity contribution is 5.95. The molecule has 5 heteroatoms. The lowest BCUT2D eigenvalue weighted by molar-refractivity contribution is -0.136. The maximum atomic E-state index is 12.4. The minimum Gasteiger partial charge on any atom is -0.481 e. The van der Waals surface area contributed by atoms with Crippen molar-refractivity contribution in [3.05, 3.63) is 29.8 Å². The van der Waals surface area contributed by atoms with Crippen molar-refractivity contribution < 1.29 is 14.7 Å². The van der Waals surface area contributed by atoms with Crippen LogP contribution in [0.2, 0.25) is 0 Å². The van der Waals surface area contributed by atoms with Gasteiger partial charge >= 0.3 is 12.0 Å². The lowest BCUT2D eigenvalue weighted by atomic mass is 9.81. The fourth-order valence-corrected chi connectivity index (χ4v) is 3.66. The van der Waals surface area contributed by atoms with Crippen LogP contribution in [0.25, 0.3) is 0 Å². The van der Waals surface area contributed by atoms with Crippen molar-refractivity contribution in [3.63, 3.8) is 0 Å². The first-order valence-corrected chi connectivity index (χ1v) is 7.49. The second-order valence-electron chi connectivity index (χ2n) is 5.97. The van der Waals surface area contributed by atoms with Gasteiger partial charge in [-0.25, -0.2) is 4.79 Å². The van der Waals surface area contributed by atoms with Crippen LogP contribution in [-0.2, 0) is 10.2 Å². The summed E-state index contributed by atoms with van der Waals surface area (Å²) < 4.78 is 0. The van der Waals surface area contributed by atoms with Gasteiger partial charge in [-0.05, 0) is 24.5 Å². The number of carboxylic acids is 1. The van der Waals surface area contributed by atoms with E-state index < -0.39 is 5.97 Å². The molecule has 2 amide bonds. The van der Waals surface area contributed by atoms with Crippen LogP contribution in [-0.4, -0.2) is 30.2 Å². The van der Waals surface area contributed by atoms with E-state index in [1.54, 1.807) is 4.90 Å². The monoisotopic (exact) mass is 288 g/mol. The van der Waals surface area contributed by atoms with Gasteiger partial charge in [0.15, 0.2) is 0 Å². The summed E-state index contributed by atoms with van der Waals surface area (Å²) in [7, 11) is 0. The Morgan fingerprint density at radius 3 is 2.67 bits per heavy atom. The van der Waals surface area contributed by atoms with E-state index in [0.717, 1.165) is 18.5 Å². The van der Waals surface area contributed by atoms with Gasteiger partial charge in [0.25, 0.3) is 0 Å². The predicted octanol–water partition coefficient (Wildman–Crippen LogP) is 2.50. The van der Waals surface area contributed by atoms with Gasteiger partial charge in [0.2, 0.25) is 0 Å². The van der Waals surface area contributed by atoms with Crippen molar-refractivity contribution in [3.8, 4) is 0 Å². The predicted molar refractivity (Wildman–Crippen MR) is 79.6 cm³/mol. The molecule has 1 spiro atoms. The van der Waals surface area contributed by atoms with Gasteiger partial charge < -0.3 is 10.4 Å². The molecule has 0 atom stereocenters. The van der Waals surface area contributed by atoms with E-state index in [-0.39, 0.29) is 24.4 Å². The van der Waals surface area contributed by atoms with E-state index in [1.165, 1.54) is 18.4 Å². The molecule has 112 valence electrons. The number of para-hydroxylation sites is 1. The molecule has 0 unspecified atom stereocenters. The molecule has 5 nitrogen and oxygen atoms in total. The molecular formula is C16H20N2O3. The van der Waals surface area contributed by atoms with Crippen LogP contribution in [0.4, 0.5) is 10.5 Å². The van der Waals surface area contributed by atoms with Crippen molar-refractivity contribution in [2.75, 3.05) is 18.0 Å². The number of nitrogens with one attached hydrogen (secondary N) is 1. The van der Waals surface area contributed by atoms with Gasteiger partial charge in [-0.2, -0.15) is 0 Å². The molecule has 3 rings (SSSR count). The summed E-state index contributed by atoms with van der Waals surface area (Å²) in [5.74, 6) is -0.899. The average molecular weight is 288 g/mol. The zero-order chi connectivity index (χ0) is 14.9. The Balaban J connectivity index is 1.78. The number of hydrogen-bond acceptors (Lipinski definition) is 2. The molecule has 1 heterocycles. The SMILES string of the molecule is O=C(O)CCNC(=O)N1CC2(CCCC2)c2ccccc21. The summed E-state index contributed by atoms with van der Waals surface area (Å²) >= 11 is 0. The second kappa shape index (κ2) is 5.39. The number of aliphatic carboxylic acids is 1. The van der Waals surface area contributed by atoms with E-state index in [0.29, 0.717) is 6.54 Å². The number of carbonyl (C=O) groups excluding carboxylic acids is 1. The smallest absolute Gasteiger partial charge is 0.321 e. The highest BCUT2D eigenvalue weighted by Gasteiger charge is 2.45. The van der Waals surface area contributed by atoms with Crippen LogP contribution in [0.5, 0.6) is 0 Å². The summed E-state index contributed by atoms with van der Waals surface area (Å²) in [6, 6.07) is 7.91. The van der Waals surface area contributed by atoms with Crippen LogP contribution in [0.15, 0.2) is 24.3 Å². The number of hydrogen-bond donors (Lipinski definition) is 2. The molecule has 2 aliphatic rings. The number of carboxylic acid groups (broad SMARTS) is 1.